The quantitative estimate of drug-likeness (QED) is 0.668. The SMILES string of the molecule is CCCNCC(CC)(CC)CN(C)Cc1csc(C)n1. The Bertz CT molecular complexity index is 372. The summed E-state index contributed by atoms with van der Waals surface area (Å²) in [5.74, 6) is 0. The second kappa shape index (κ2) is 8.75. The highest BCUT2D eigenvalue weighted by Crippen LogP contribution is 2.27. The minimum absolute atomic E-state index is 0.384. The molecule has 0 aliphatic heterocycles. The first-order valence-corrected chi connectivity index (χ1v) is 8.73. The van der Waals surface area contributed by atoms with Crippen LogP contribution in [0.1, 0.15) is 50.7 Å². The molecular formula is C16H31N3S. The summed E-state index contributed by atoms with van der Waals surface area (Å²) >= 11 is 1.74. The van der Waals surface area contributed by atoms with Crippen LogP contribution in [0.3, 0.4) is 0 Å². The summed E-state index contributed by atoms with van der Waals surface area (Å²) in [6.45, 7) is 13.3. The number of nitrogens with zero attached hydrogens (tertiary/aromatic N) is 2. The normalized spacial score (nSPS) is 12.3. The van der Waals surface area contributed by atoms with Crippen LogP contribution in [0.4, 0.5) is 0 Å². The summed E-state index contributed by atoms with van der Waals surface area (Å²) in [5, 5.41) is 6.95. The second-order valence-corrected chi connectivity index (χ2v) is 6.98. The van der Waals surface area contributed by atoms with E-state index in [1.54, 1.807) is 11.3 Å². The van der Waals surface area contributed by atoms with Crippen LogP contribution in [0.25, 0.3) is 0 Å². The lowest BCUT2D eigenvalue weighted by Gasteiger charge is -2.36. The van der Waals surface area contributed by atoms with Crippen molar-refractivity contribution in [1.82, 2.24) is 15.2 Å². The molecule has 0 saturated carbocycles. The Hall–Kier alpha value is -0.450. The number of rotatable bonds is 10. The summed E-state index contributed by atoms with van der Waals surface area (Å²) < 4.78 is 0. The highest BCUT2D eigenvalue weighted by molar-refractivity contribution is 7.09. The molecule has 1 aromatic heterocycles. The smallest absolute Gasteiger partial charge is 0.0897 e. The van der Waals surface area contributed by atoms with Gasteiger partial charge in [0.05, 0.1) is 10.7 Å². The molecule has 0 aliphatic rings. The van der Waals surface area contributed by atoms with Crippen molar-refractivity contribution in [3.63, 3.8) is 0 Å². The lowest BCUT2D eigenvalue weighted by molar-refractivity contribution is 0.150. The number of nitrogens with one attached hydrogen (secondary N) is 1. The molecule has 116 valence electrons. The molecule has 1 rings (SSSR count). The molecule has 1 heterocycles. The van der Waals surface area contributed by atoms with E-state index in [0.29, 0.717) is 5.41 Å². The molecule has 0 saturated heterocycles. The predicted octanol–water partition coefficient (Wildman–Crippen LogP) is 3.69. The van der Waals surface area contributed by atoms with Crippen LogP contribution >= 0.6 is 11.3 Å². The third-order valence-electron chi connectivity index (χ3n) is 4.13. The van der Waals surface area contributed by atoms with E-state index >= 15 is 0 Å². The first-order valence-electron chi connectivity index (χ1n) is 7.85. The van der Waals surface area contributed by atoms with Crippen molar-refractivity contribution >= 4 is 11.3 Å². The summed E-state index contributed by atoms with van der Waals surface area (Å²) in [5.41, 5.74) is 1.59. The number of aromatic nitrogens is 1. The number of hydrogen-bond acceptors (Lipinski definition) is 4. The predicted molar refractivity (Wildman–Crippen MR) is 89.4 cm³/mol. The van der Waals surface area contributed by atoms with Gasteiger partial charge in [-0.3, -0.25) is 4.90 Å². The zero-order chi connectivity index (χ0) is 15.0. The Morgan fingerprint density at radius 3 is 2.50 bits per heavy atom. The van der Waals surface area contributed by atoms with Crippen molar-refractivity contribution in [3.05, 3.63) is 16.1 Å². The number of thiazole rings is 1. The van der Waals surface area contributed by atoms with Gasteiger partial charge in [-0.2, -0.15) is 0 Å². The lowest BCUT2D eigenvalue weighted by atomic mass is 9.81. The van der Waals surface area contributed by atoms with Gasteiger partial charge >= 0.3 is 0 Å². The molecule has 0 aliphatic carbocycles. The summed E-state index contributed by atoms with van der Waals surface area (Å²) in [7, 11) is 2.22. The number of aryl methyl sites for hydroxylation is 1. The van der Waals surface area contributed by atoms with E-state index in [1.807, 2.05) is 0 Å². The Morgan fingerprint density at radius 1 is 1.30 bits per heavy atom. The van der Waals surface area contributed by atoms with E-state index < -0.39 is 0 Å². The van der Waals surface area contributed by atoms with Gasteiger partial charge in [0.25, 0.3) is 0 Å². The van der Waals surface area contributed by atoms with Crippen molar-refractivity contribution in [2.24, 2.45) is 5.41 Å². The topological polar surface area (TPSA) is 28.2 Å². The lowest BCUT2D eigenvalue weighted by Crippen LogP contribution is -2.42. The highest BCUT2D eigenvalue weighted by Gasteiger charge is 2.27. The minimum atomic E-state index is 0.384. The van der Waals surface area contributed by atoms with Crippen LogP contribution in [-0.2, 0) is 6.54 Å². The Morgan fingerprint density at radius 2 is 2.00 bits per heavy atom. The van der Waals surface area contributed by atoms with Crippen LogP contribution in [0.5, 0.6) is 0 Å². The maximum absolute atomic E-state index is 4.57. The fourth-order valence-corrected chi connectivity index (χ4v) is 3.30. The Balaban J connectivity index is 2.54. The van der Waals surface area contributed by atoms with Crippen LogP contribution in [0.2, 0.25) is 0 Å². The third kappa shape index (κ3) is 5.51. The first-order chi connectivity index (χ1) is 9.55. The highest BCUT2D eigenvalue weighted by atomic mass is 32.1. The zero-order valence-corrected chi connectivity index (χ0v) is 14.6. The van der Waals surface area contributed by atoms with Gasteiger partial charge in [0.1, 0.15) is 0 Å². The zero-order valence-electron chi connectivity index (χ0n) is 13.8. The largest absolute Gasteiger partial charge is 0.316 e. The monoisotopic (exact) mass is 297 g/mol. The molecule has 0 bridgehead atoms. The van der Waals surface area contributed by atoms with Crippen LogP contribution < -0.4 is 5.32 Å². The van der Waals surface area contributed by atoms with E-state index in [9.17, 15) is 0 Å². The van der Waals surface area contributed by atoms with Gasteiger partial charge in [-0.05, 0) is 45.2 Å². The average molecular weight is 298 g/mol. The van der Waals surface area contributed by atoms with Crippen LogP contribution in [0, 0.1) is 12.3 Å². The van der Waals surface area contributed by atoms with E-state index in [4.69, 9.17) is 0 Å². The third-order valence-corrected chi connectivity index (χ3v) is 4.95. The van der Waals surface area contributed by atoms with Gasteiger partial charge < -0.3 is 5.32 Å². The molecule has 0 atom stereocenters. The molecule has 1 aromatic rings. The van der Waals surface area contributed by atoms with E-state index in [2.05, 4.69) is 55.3 Å². The molecule has 0 spiro atoms. The second-order valence-electron chi connectivity index (χ2n) is 5.91. The molecule has 0 aromatic carbocycles. The fourth-order valence-electron chi connectivity index (χ4n) is 2.70. The molecule has 0 radical (unpaired) electrons. The van der Waals surface area contributed by atoms with Crippen LogP contribution in [-0.4, -0.2) is 36.6 Å². The Labute approximate surface area is 128 Å². The maximum Gasteiger partial charge on any atom is 0.0897 e. The molecular weight excluding hydrogens is 266 g/mol. The summed E-state index contributed by atoms with van der Waals surface area (Å²) in [4.78, 5) is 6.99. The summed E-state index contributed by atoms with van der Waals surface area (Å²) in [6.07, 6.45) is 3.65. The van der Waals surface area contributed by atoms with Gasteiger partial charge in [-0.25, -0.2) is 4.98 Å². The van der Waals surface area contributed by atoms with E-state index in [0.717, 1.165) is 31.2 Å². The summed E-state index contributed by atoms with van der Waals surface area (Å²) in [6, 6.07) is 0. The fraction of sp³-hybridized carbons (Fsp3) is 0.812. The van der Waals surface area contributed by atoms with Gasteiger partial charge in [0.2, 0.25) is 0 Å². The van der Waals surface area contributed by atoms with Gasteiger partial charge in [0.15, 0.2) is 0 Å². The van der Waals surface area contributed by atoms with Crippen LogP contribution in [0.15, 0.2) is 5.38 Å². The molecule has 0 unspecified atom stereocenters. The molecule has 0 amide bonds. The molecule has 4 heteroatoms. The van der Waals surface area contributed by atoms with E-state index in [1.165, 1.54) is 25.0 Å². The van der Waals surface area contributed by atoms with Crippen molar-refractivity contribution in [2.45, 2.75) is 53.5 Å². The Kier molecular flexibility index (Phi) is 7.70. The van der Waals surface area contributed by atoms with E-state index in [-0.39, 0.29) is 0 Å². The molecule has 0 fully saturated rings. The standard InChI is InChI=1S/C16H31N3S/c1-6-9-17-12-16(7-2,8-3)13-19(5)10-15-11-20-14(4)18-15/h11,17H,6-10,12-13H2,1-5H3. The van der Waals surface area contributed by atoms with Crippen molar-refractivity contribution < 1.29 is 0 Å². The maximum atomic E-state index is 4.57. The van der Waals surface area contributed by atoms with Gasteiger partial charge in [-0.1, -0.05) is 20.8 Å². The number of hydrogen-bond donors (Lipinski definition) is 1. The molecule has 20 heavy (non-hydrogen) atoms. The average Bonchev–Trinajstić information content (AvgIpc) is 2.83. The minimum Gasteiger partial charge on any atom is -0.316 e. The van der Waals surface area contributed by atoms with Crippen molar-refractivity contribution in [3.8, 4) is 0 Å². The molecule has 3 nitrogen and oxygen atoms in total. The van der Waals surface area contributed by atoms with Gasteiger partial charge in [0, 0.05) is 25.0 Å². The van der Waals surface area contributed by atoms with Gasteiger partial charge in [-0.15, -0.1) is 11.3 Å². The molecule has 1 N–H and O–H groups in total. The first kappa shape index (κ1) is 17.6. The van der Waals surface area contributed by atoms with Crippen molar-refractivity contribution in [1.29, 1.82) is 0 Å². The van der Waals surface area contributed by atoms with Crippen molar-refractivity contribution in [2.75, 3.05) is 26.7 Å².